The third-order valence-corrected chi connectivity index (χ3v) is 9.39. The molecular weight excluding hydrogens is 581 g/mol. The van der Waals surface area contributed by atoms with Crippen molar-refractivity contribution in [2.45, 2.75) is 37.1 Å². The minimum absolute atomic E-state index is 0.0375. The predicted octanol–water partition coefficient (Wildman–Crippen LogP) is 6.02. The molecule has 2 aliphatic heterocycles. The lowest BCUT2D eigenvalue weighted by Crippen LogP contribution is -2.46. The number of hydrogen-bond acceptors (Lipinski definition) is 4. The number of carbonyl (C=O) groups excluding carboxylic acids is 1. The summed E-state index contributed by atoms with van der Waals surface area (Å²) in [6.07, 6.45) is 2.35. The average Bonchev–Trinajstić information content (AvgIpc) is 3.29. The highest BCUT2D eigenvalue weighted by Crippen LogP contribution is 2.34. The van der Waals surface area contributed by atoms with Gasteiger partial charge in [-0.1, -0.05) is 17.7 Å². The second-order valence-corrected chi connectivity index (χ2v) is 12.4. The summed E-state index contributed by atoms with van der Waals surface area (Å²) in [4.78, 5) is 17.4. The predicted molar refractivity (Wildman–Crippen MR) is 148 cm³/mol. The molecule has 10 heteroatoms. The summed E-state index contributed by atoms with van der Waals surface area (Å²) < 4.78 is 43.0. The molecule has 0 radical (unpaired) electrons. The quantitative estimate of drug-likeness (QED) is 0.386. The normalized spacial score (nSPS) is 16.1. The second-order valence-electron chi connectivity index (χ2n) is 9.47. The van der Waals surface area contributed by atoms with Crippen LogP contribution in [-0.4, -0.2) is 44.9 Å². The average molecular weight is 607 g/mol. The summed E-state index contributed by atoms with van der Waals surface area (Å²) in [7, 11) is -3.95. The summed E-state index contributed by atoms with van der Waals surface area (Å²) in [5.74, 6) is -0.509. The Labute approximate surface area is 229 Å². The number of sulfonamides is 1. The molecule has 3 aromatic rings. The monoisotopic (exact) mass is 605 g/mol. The number of benzene rings is 3. The minimum atomic E-state index is -3.95. The summed E-state index contributed by atoms with van der Waals surface area (Å²) in [5, 5.41) is 0.207. The Hall–Kier alpha value is -2.62. The molecule has 2 heterocycles. The zero-order valence-electron chi connectivity index (χ0n) is 20.2. The molecule has 0 saturated carbocycles. The number of amides is 1. The number of halogens is 3. The van der Waals surface area contributed by atoms with Crippen molar-refractivity contribution in [3.8, 4) is 0 Å². The Balaban J connectivity index is 1.30. The number of nitrogens with one attached hydrogen (secondary N) is 1. The molecule has 1 N–H and O–H groups in total. The molecule has 0 aromatic heterocycles. The van der Waals surface area contributed by atoms with Gasteiger partial charge in [-0.25, -0.2) is 12.8 Å². The Morgan fingerprint density at radius 3 is 2.57 bits per heavy atom. The van der Waals surface area contributed by atoms with Gasteiger partial charge in [0, 0.05) is 35.8 Å². The van der Waals surface area contributed by atoms with E-state index in [1.807, 2.05) is 19.1 Å². The minimum Gasteiger partial charge on any atom is -0.368 e. The molecule has 0 atom stereocenters. The van der Waals surface area contributed by atoms with Crippen molar-refractivity contribution < 1.29 is 17.6 Å². The van der Waals surface area contributed by atoms with Gasteiger partial charge < -0.3 is 9.80 Å². The Morgan fingerprint density at radius 1 is 1.05 bits per heavy atom. The maximum Gasteiger partial charge on any atom is 0.261 e. The number of piperidine rings is 1. The van der Waals surface area contributed by atoms with Gasteiger partial charge in [0.15, 0.2) is 0 Å². The van der Waals surface area contributed by atoms with E-state index in [1.54, 1.807) is 23.1 Å². The highest BCUT2D eigenvalue weighted by molar-refractivity contribution is 9.10. The van der Waals surface area contributed by atoms with E-state index < -0.39 is 10.0 Å². The van der Waals surface area contributed by atoms with Crippen LogP contribution in [0.25, 0.3) is 0 Å². The van der Waals surface area contributed by atoms with Gasteiger partial charge >= 0.3 is 0 Å². The first-order valence-electron chi connectivity index (χ1n) is 12.1. The molecule has 0 spiro atoms. The van der Waals surface area contributed by atoms with Gasteiger partial charge in [0.05, 0.1) is 21.2 Å². The van der Waals surface area contributed by atoms with E-state index in [-0.39, 0.29) is 33.2 Å². The van der Waals surface area contributed by atoms with Crippen LogP contribution in [0.5, 0.6) is 0 Å². The molecule has 1 fully saturated rings. The molecular formula is C27H26BrClFN3O3S. The van der Waals surface area contributed by atoms with E-state index in [0.717, 1.165) is 42.6 Å². The highest BCUT2D eigenvalue weighted by atomic mass is 79.9. The first kappa shape index (κ1) is 26.0. The van der Waals surface area contributed by atoms with Gasteiger partial charge in [0.25, 0.3) is 15.9 Å². The number of fused-ring (bicyclic) bond motifs is 1. The Bertz CT molecular complexity index is 1480. The molecule has 194 valence electrons. The summed E-state index contributed by atoms with van der Waals surface area (Å²) in [6, 6.07) is 14.7. The van der Waals surface area contributed by atoms with E-state index in [9.17, 15) is 17.6 Å². The first-order valence-corrected chi connectivity index (χ1v) is 14.7. The first-order chi connectivity index (χ1) is 17.6. The van der Waals surface area contributed by atoms with E-state index in [1.165, 1.54) is 24.3 Å². The summed E-state index contributed by atoms with van der Waals surface area (Å²) in [5.41, 5.74) is 3.57. The lowest BCUT2D eigenvalue weighted by atomic mass is 10.0. The zero-order valence-corrected chi connectivity index (χ0v) is 23.3. The lowest BCUT2D eigenvalue weighted by Gasteiger charge is -2.38. The fourth-order valence-corrected chi connectivity index (χ4v) is 6.85. The topological polar surface area (TPSA) is 69.7 Å². The van der Waals surface area contributed by atoms with Crippen LogP contribution in [0.1, 0.15) is 34.3 Å². The maximum atomic E-state index is 13.6. The fraction of sp³-hybridized carbons (Fsp3) is 0.296. The highest BCUT2D eigenvalue weighted by Gasteiger charge is 2.32. The number of carbonyl (C=O) groups is 1. The van der Waals surface area contributed by atoms with Crippen LogP contribution in [0.2, 0.25) is 5.02 Å². The number of hydrogen-bond donors (Lipinski definition) is 1. The van der Waals surface area contributed by atoms with E-state index in [2.05, 4.69) is 25.6 Å². The van der Waals surface area contributed by atoms with Crippen LogP contribution in [0.15, 0.2) is 64.0 Å². The maximum absolute atomic E-state index is 13.6. The molecule has 0 aliphatic carbocycles. The van der Waals surface area contributed by atoms with Gasteiger partial charge in [-0.3, -0.25) is 9.52 Å². The number of aryl methyl sites for hydroxylation is 1. The van der Waals surface area contributed by atoms with Crippen molar-refractivity contribution in [3.05, 3.63) is 86.6 Å². The molecule has 1 amide bonds. The van der Waals surface area contributed by atoms with E-state index in [0.29, 0.717) is 23.2 Å². The molecule has 0 unspecified atom stereocenters. The third kappa shape index (κ3) is 5.35. The largest absolute Gasteiger partial charge is 0.368 e. The smallest absolute Gasteiger partial charge is 0.261 e. The van der Waals surface area contributed by atoms with Gasteiger partial charge in [-0.05, 0) is 102 Å². The Morgan fingerprint density at radius 2 is 1.81 bits per heavy atom. The molecule has 2 aliphatic rings. The van der Waals surface area contributed by atoms with Crippen molar-refractivity contribution in [1.29, 1.82) is 0 Å². The third-order valence-electron chi connectivity index (χ3n) is 7.01. The van der Waals surface area contributed by atoms with Crippen LogP contribution >= 0.6 is 27.5 Å². The zero-order chi connectivity index (χ0) is 26.3. The van der Waals surface area contributed by atoms with Gasteiger partial charge in [-0.2, -0.15) is 0 Å². The van der Waals surface area contributed by atoms with Crippen molar-refractivity contribution in [2.24, 2.45) is 0 Å². The van der Waals surface area contributed by atoms with Crippen LogP contribution < -0.4 is 9.62 Å². The van der Waals surface area contributed by atoms with Crippen molar-refractivity contribution in [2.75, 3.05) is 29.3 Å². The second kappa shape index (κ2) is 10.3. The lowest BCUT2D eigenvalue weighted by molar-refractivity contribution is 0.0712. The van der Waals surface area contributed by atoms with Crippen LogP contribution in [0.4, 0.5) is 15.8 Å². The fourth-order valence-electron chi connectivity index (χ4n) is 5.08. The SMILES string of the molecule is Cc1ccc(Br)c(NS(=O)(=O)c2ccc(Cl)c(C(=O)N3CCC(N4CCc5cc(F)ccc54)CC3)c2)c1. The Kier molecular flexibility index (Phi) is 7.22. The number of likely N-dealkylation sites (tertiary alicyclic amines) is 1. The standard InChI is InChI=1S/C27H26BrClFN3O3S/c1-17-2-5-23(28)25(14-17)31-37(35,36)21-4-6-24(29)22(16-21)27(34)32-11-9-20(10-12-32)33-13-8-18-15-19(30)3-7-26(18)33/h2-7,14-16,20,31H,8-13H2,1H3. The van der Waals surface area contributed by atoms with Gasteiger partial charge in [0.1, 0.15) is 5.82 Å². The van der Waals surface area contributed by atoms with Crippen molar-refractivity contribution >= 4 is 54.8 Å². The molecule has 0 bridgehead atoms. The molecule has 6 nitrogen and oxygen atoms in total. The van der Waals surface area contributed by atoms with E-state index in [4.69, 9.17) is 11.6 Å². The molecule has 3 aromatic carbocycles. The summed E-state index contributed by atoms with van der Waals surface area (Å²) >= 11 is 9.73. The van der Waals surface area contributed by atoms with Gasteiger partial charge in [-0.15, -0.1) is 0 Å². The molecule has 5 rings (SSSR count). The number of rotatable bonds is 5. The van der Waals surface area contributed by atoms with Crippen LogP contribution in [0.3, 0.4) is 0 Å². The summed E-state index contributed by atoms with van der Waals surface area (Å²) in [6.45, 7) is 3.76. The van der Waals surface area contributed by atoms with Crippen LogP contribution in [-0.2, 0) is 16.4 Å². The number of anilines is 2. The van der Waals surface area contributed by atoms with Crippen molar-refractivity contribution in [1.82, 2.24) is 4.90 Å². The number of nitrogens with zero attached hydrogens (tertiary/aromatic N) is 2. The van der Waals surface area contributed by atoms with Gasteiger partial charge in [0.2, 0.25) is 0 Å². The molecule has 1 saturated heterocycles. The van der Waals surface area contributed by atoms with E-state index >= 15 is 0 Å². The van der Waals surface area contributed by atoms with Crippen molar-refractivity contribution in [3.63, 3.8) is 0 Å². The molecule has 37 heavy (non-hydrogen) atoms. The van der Waals surface area contributed by atoms with Crippen LogP contribution in [0, 0.1) is 12.7 Å².